The van der Waals surface area contributed by atoms with Gasteiger partial charge in [0, 0.05) is 82.3 Å². The Morgan fingerprint density at radius 3 is 2.67 bits per heavy atom. The third-order valence-corrected chi connectivity index (χ3v) is 7.19. The first kappa shape index (κ1) is 22.8. The molecule has 3 aliphatic rings. The Hall–Kier alpha value is -3.60. The lowest BCUT2D eigenvalue weighted by Gasteiger charge is -2.36. The van der Waals surface area contributed by atoms with Gasteiger partial charge in [0.05, 0.1) is 17.6 Å². The van der Waals surface area contributed by atoms with E-state index >= 15 is 0 Å². The third kappa shape index (κ3) is 4.50. The molecule has 1 aromatic carbocycles. The number of nitrogens with zero attached hydrogens (tertiary/aromatic N) is 5. The van der Waals surface area contributed by atoms with Crippen molar-refractivity contribution in [1.82, 2.24) is 30.4 Å². The van der Waals surface area contributed by atoms with E-state index in [0.29, 0.717) is 45.4 Å². The van der Waals surface area contributed by atoms with Gasteiger partial charge in [-0.05, 0) is 12.1 Å². The van der Waals surface area contributed by atoms with Crippen molar-refractivity contribution in [1.29, 1.82) is 0 Å². The molecular formula is C25H27F2N7O2. The molecule has 5 heterocycles. The monoisotopic (exact) mass is 495 g/mol. The van der Waals surface area contributed by atoms with Crippen LogP contribution in [0.25, 0.3) is 11.3 Å². The molecule has 0 radical (unpaired) electrons. The van der Waals surface area contributed by atoms with E-state index in [1.54, 1.807) is 6.20 Å². The van der Waals surface area contributed by atoms with Crippen LogP contribution in [-0.4, -0.2) is 69.3 Å². The number of amides is 1. The fraction of sp³-hybridized carbons (Fsp3) is 0.440. The molecule has 0 aliphatic carbocycles. The Kier molecular flexibility index (Phi) is 6.00. The van der Waals surface area contributed by atoms with Crippen molar-refractivity contribution in [3.63, 3.8) is 0 Å². The van der Waals surface area contributed by atoms with Crippen LogP contribution in [0.15, 0.2) is 30.6 Å². The number of halogens is 2. The van der Waals surface area contributed by atoms with E-state index in [4.69, 9.17) is 14.7 Å². The SMILES string of the molecule is O=C1CC(N2CCc3nc(N4CCC(Oc5ccc(F)cc5F)CC4)c(-c4cn[nH]c4)nc3C2)CN1. The van der Waals surface area contributed by atoms with E-state index in [2.05, 4.69) is 25.3 Å². The lowest BCUT2D eigenvalue weighted by atomic mass is 10.0. The molecule has 0 bridgehead atoms. The number of benzene rings is 1. The van der Waals surface area contributed by atoms with Crippen molar-refractivity contribution in [2.75, 3.05) is 31.1 Å². The van der Waals surface area contributed by atoms with Crippen molar-refractivity contribution in [2.24, 2.45) is 0 Å². The highest BCUT2D eigenvalue weighted by atomic mass is 19.1. The lowest BCUT2D eigenvalue weighted by molar-refractivity contribution is -0.119. The number of aromatic nitrogens is 4. The maximum atomic E-state index is 14.0. The number of aromatic amines is 1. The van der Waals surface area contributed by atoms with Gasteiger partial charge in [0.2, 0.25) is 5.91 Å². The second kappa shape index (κ2) is 9.45. The number of carbonyl (C=O) groups excluding carboxylic acids is 1. The number of nitrogens with one attached hydrogen (secondary N) is 2. The second-order valence-corrected chi connectivity index (χ2v) is 9.54. The first-order valence-electron chi connectivity index (χ1n) is 12.3. The first-order valence-corrected chi connectivity index (χ1v) is 12.3. The van der Waals surface area contributed by atoms with Crippen LogP contribution in [0.4, 0.5) is 14.6 Å². The molecule has 6 rings (SSSR count). The summed E-state index contributed by atoms with van der Waals surface area (Å²) in [7, 11) is 0. The Bertz CT molecular complexity index is 1260. The number of hydrogen-bond donors (Lipinski definition) is 2. The molecule has 0 saturated carbocycles. The van der Waals surface area contributed by atoms with Crippen LogP contribution in [0.1, 0.15) is 30.7 Å². The van der Waals surface area contributed by atoms with Crippen LogP contribution in [-0.2, 0) is 17.8 Å². The summed E-state index contributed by atoms with van der Waals surface area (Å²) < 4.78 is 33.1. The van der Waals surface area contributed by atoms with E-state index in [0.717, 1.165) is 47.5 Å². The maximum Gasteiger partial charge on any atom is 0.221 e. The molecule has 2 aromatic heterocycles. The van der Waals surface area contributed by atoms with Crippen LogP contribution >= 0.6 is 0 Å². The van der Waals surface area contributed by atoms with Gasteiger partial charge in [0.1, 0.15) is 17.6 Å². The molecule has 2 fully saturated rings. The summed E-state index contributed by atoms with van der Waals surface area (Å²) in [4.78, 5) is 26.3. The zero-order valence-electron chi connectivity index (χ0n) is 19.7. The minimum absolute atomic E-state index is 0.0752. The number of H-pyrrole nitrogens is 1. The molecule has 3 aromatic rings. The number of hydrogen-bond acceptors (Lipinski definition) is 7. The molecule has 2 saturated heterocycles. The second-order valence-electron chi connectivity index (χ2n) is 9.54. The van der Waals surface area contributed by atoms with Gasteiger partial charge in [0.25, 0.3) is 0 Å². The van der Waals surface area contributed by atoms with Crippen LogP contribution < -0.4 is 15.0 Å². The topological polar surface area (TPSA) is 99.3 Å². The lowest BCUT2D eigenvalue weighted by Crippen LogP contribution is -2.42. The molecule has 1 atom stereocenters. The molecule has 36 heavy (non-hydrogen) atoms. The molecule has 188 valence electrons. The largest absolute Gasteiger partial charge is 0.487 e. The molecular weight excluding hydrogens is 468 g/mol. The Balaban J connectivity index is 1.21. The molecule has 2 N–H and O–H groups in total. The highest BCUT2D eigenvalue weighted by Gasteiger charge is 2.32. The molecule has 11 heteroatoms. The Labute approximate surface area is 206 Å². The third-order valence-electron chi connectivity index (χ3n) is 7.19. The molecule has 9 nitrogen and oxygen atoms in total. The predicted molar refractivity (Wildman–Crippen MR) is 127 cm³/mol. The Morgan fingerprint density at radius 2 is 1.94 bits per heavy atom. The summed E-state index contributed by atoms with van der Waals surface area (Å²) >= 11 is 0. The number of piperidine rings is 1. The zero-order chi connectivity index (χ0) is 24.6. The average Bonchev–Trinajstić information content (AvgIpc) is 3.57. The van der Waals surface area contributed by atoms with E-state index in [1.165, 1.54) is 12.1 Å². The molecule has 3 aliphatic heterocycles. The van der Waals surface area contributed by atoms with Crippen LogP contribution in [0.2, 0.25) is 0 Å². The summed E-state index contributed by atoms with van der Waals surface area (Å²) in [5, 5.41) is 9.89. The quantitative estimate of drug-likeness (QED) is 0.561. The zero-order valence-corrected chi connectivity index (χ0v) is 19.7. The summed E-state index contributed by atoms with van der Waals surface area (Å²) in [6.07, 6.45) is 6.04. The van der Waals surface area contributed by atoms with Crippen LogP contribution in [0.5, 0.6) is 5.75 Å². The van der Waals surface area contributed by atoms with Gasteiger partial charge in [-0.2, -0.15) is 5.10 Å². The minimum Gasteiger partial charge on any atom is -0.487 e. The summed E-state index contributed by atoms with van der Waals surface area (Å²) in [5.41, 5.74) is 3.55. The first-order chi connectivity index (χ1) is 17.5. The van der Waals surface area contributed by atoms with Crippen molar-refractivity contribution >= 4 is 11.7 Å². The summed E-state index contributed by atoms with van der Waals surface area (Å²) in [6.45, 7) is 3.52. The number of rotatable bonds is 5. The fourth-order valence-electron chi connectivity index (χ4n) is 5.23. The maximum absolute atomic E-state index is 14.0. The highest BCUT2D eigenvalue weighted by molar-refractivity contribution is 5.79. The number of carbonyl (C=O) groups is 1. The smallest absolute Gasteiger partial charge is 0.221 e. The van der Waals surface area contributed by atoms with E-state index in [1.807, 2.05) is 6.20 Å². The molecule has 1 amide bonds. The van der Waals surface area contributed by atoms with Crippen molar-refractivity contribution in [3.05, 3.63) is 53.6 Å². The van der Waals surface area contributed by atoms with Crippen molar-refractivity contribution < 1.29 is 18.3 Å². The minimum atomic E-state index is -0.688. The van der Waals surface area contributed by atoms with Gasteiger partial charge < -0.3 is 15.0 Å². The van der Waals surface area contributed by atoms with Crippen molar-refractivity contribution in [2.45, 2.75) is 44.4 Å². The van der Waals surface area contributed by atoms with E-state index < -0.39 is 11.6 Å². The molecule has 0 spiro atoms. The van der Waals surface area contributed by atoms with Gasteiger partial charge in [-0.1, -0.05) is 0 Å². The van der Waals surface area contributed by atoms with Gasteiger partial charge >= 0.3 is 0 Å². The fourth-order valence-corrected chi connectivity index (χ4v) is 5.23. The van der Waals surface area contributed by atoms with Crippen molar-refractivity contribution in [3.8, 4) is 17.0 Å². The summed E-state index contributed by atoms with van der Waals surface area (Å²) in [6, 6.07) is 3.57. The Morgan fingerprint density at radius 1 is 1.08 bits per heavy atom. The van der Waals surface area contributed by atoms with Crippen LogP contribution in [0.3, 0.4) is 0 Å². The standard InChI is InChI=1S/C25H27F2N7O2/c26-16-1-2-22(19(27)9-16)36-18-3-6-33(7-4-18)25-24(15-11-29-30-12-15)31-21-14-34(8-5-20(21)32-25)17-10-23(35)28-13-17/h1-2,9,11-12,17-18H,3-8,10,13-14H2,(H,28,35)(H,29,30). The van der Waals surface area contributed by atoms with Gasteiger partial charge in [-0.25, -0.2) is 18.7 Å². The molecule has 1 unspecified atom stereocenters. The van der Waals surface area contributed by atoms with Gasteiger partial charge in [0.15, 0.2) is 17.4 Å². The predicted octanol–water partition coefficient (Wildman–Crippen LogP) is 2.44. The van der Waals surface area contributed by atoms with E-state index in [9.17, 15) is 13.6 Å². The number of ether oxygens (including phenoxy) is 1. The number of anilines is 1. The van der Waals surface area contributed by atoms with Crippen LogP contribution in [0, 0.1) is 11.6 Å². The van der Waals surface area contributed by atoms with Gasteiger partial charge in [-0.15, -0.1) is 0 Å². The van der Waals surface area contributed by atoms with E-state index in [-0.39, 0.29) is 23.8 Å². The highest BCUT2D eigenvalue weighted by Crippen LogP contribution is 2.33. The van der Waals surface area contributed by atoms with Gasteiger partial charge in [-0.3, -0.25) is 14.8 Å². The normalized spacial score (nSPS) is 20.9. The average molecular weight is 496 g/mol. The number of fused-ring (bicyclic) bond motifs is 1. The summed E-state index contributed by atoms with van der Waals surface area (Å²) in [5.74, 6) is -0.323.